The second-order valence-electron chi connectivity index (χ2n) is 5.20. The first kappa shape index (κ1) is 14.6. The SMILES string of the molecule is C=C1CCOC(=O)[C@H]2CC=CC[C@H]2C(=O)OCCC1=C. The molecule has 0 aromatic rings. The largest absolute Gasteiger partial charge is 0.465 e. The topological polar surface area (TPSA) is 52.6 Å². The number of carbonyl (C=O) groups excluding carboxylic acids is 2. The van der Waals surface area contributed by atoms with Crippen LogP contribution >= 0.6 is 0 Å². The second kappa shape index (κ2) is 6.55. The quantitative estimate of drug-likeness (QED) is 0.504. The van der Waals surface area contributed by atoms with E-state index in [0.29, 0.717) is 38.9 Å². The van der Waals surface area contributed by atoms with Crippen LogP contribution in [0.5, 0.6) is 0 Å². The summed E-state index contributed by atoms with van der Waals surface area (Å²) < 4.78 is 10.5. The van der Waals surface area contributed by atoms with Gasteiger partial charge in [-0.05, 0) is 24.0 Å². The first-order valence-corrected chi connectivity index (χ1v) is 6.94. The van der Waals surface area contributed by atoms with Crippen LogP contribution in [-0.2, 0) is 19.1 Å². The Balaban J connectivity index is 2.12. The Kier molecular flexibility index (Phi) is 4.77. The van der Waals surface area contributed by atoms with Crippen molar-refractivity contribution < 1.29 is 19.1 Å². The molecule has 0 saturated carbocycles. The highest BCUT2D eigenvalue weighted by atomic mass is 16.5. The number of carbonyl (C=O) groups is 2. The summed E-state index contributed by atoms with van der Waals surface area (Å²) in [5.41, 5.74) is 1.68. The highest BCUT2D eigenvalue weighted by Crippen LogP contribution is 2.29. The molecule has 0 spiro atoms. The van der Waals surface area contributed by atoms with Crippen molar-refractivity contribution >= 4 is 11.9 Å². The average Bonchev–Trinajstić information content (AvgIpc) is 2.45. The van der Waals surface area contributed by atoms with Gasteiger partial charge in [-0.2, -0.15) is 0 Å². The molecule has 0 N–H and O–H groups in total. The van der Waals surface area contributed by atoms with Crippen molar-refractivity contribution in [1.29, 1.82) is 0 Å². The predicted octanol–water partition coefficient (Wildman–Crippen LogP) is 2.56. The Bertz CT molecular complexity index is 419. The van der Waals surface area contributed by atoms with E-state index in [9.17, 15) is 9.59 Å². The van der Waals surface area contributed by atoms with Crippen LogP contribution in [0.3, 0.4) is 0 Å². The molecule has 1 aliphatic heterocycles. The number of allylic oxidation sites excluding steroid dienone is 2. The number of ether oxygens (including phenoxy) is 2. The lowest BCUT2D eigenvalue weighted by Gasteiger charge is -2.26. The van der Waals surface area contributed by atoms with Gasteiger partial charge in [0, 0.05) is 12.8 Å². The number of hydrogen-bond donors (Lipinski definition) is 0. The summed E-state index contributed by atoms with van der Waals surface area (Å²) in [7, 11) is 0. The van der Waals surface area contributed by atoms with Gasteiger partial charge in [-0.15, -0.1) is 0 Å². The van der Waals surface area contributed by atoms with E-state index in [0.717, 1.165) is 11.1 Å². The van der Waals surface area contributed by atoms with E-state index in [4.69, 9.17) is 9.47 Å². The molecule has 20 heavy (non-hydrogen) atoms. The molecule has 1 saturated heterocycles. The van der Waals surface area contributed by atoms with Crippen molar-refractivity contribution in [2.45, 2.75) is 25.7 Å². The third-order valence-electron chi connectivity index (χ3n) is 3.83. The van der Waals surface area contributed by atoms with Crippen molar-refractivity contribution in [1.82, 2.24) is 0 Å². The van der Waals surface area contributed by atoms with E-state index in [1.54, 1.807) is 0 Å². The van der Waals surface area contributed by atoms with E-state index in [2.05, 4.69) is 13.2 Å². The third kappa shape index (κ3) is 3.38. The lowest BCUT2D eigenvalue weighted by atomic mass is 9.83. The zero-order valence-corrected chi connectivity index (χ0v) is 11.6. The molecule has 2 rings (SSSR count). The Morgan fingerprint density at radius 3 is 1.65 bits per heavy atom. The van der Waals surface area contributed by atoms with E-state index < -0.39 is 11.8 Å². The van der Waals surface area contributed by atoms with Crippen LogP contribution in [0.4, 0.5) is 0 Å². The molecular formula is C16H20O4. The van der Waals surface area contributed by atoms with Gasteiger partial charge in [-0.1, -0.05) is 25.3 Å². The number of cyclic esters (lactones) is 2. The lowest BCUT2D eigenvalue weighted by Crippen LogP contribution is -2.34. The van der Waals surface area contributed by atoms with Crippen molar-refractivity contribution in [2.24, 2.45) is 11.8 Å². The maximum Gasteiger partial charge on any atom is 0.310 e. The van der Waals surface area contributed by atoms with Gasteiger partial charge in [0.15, 0.2) is 0 Å². The maximum atomic E-state index is 12.1. The highest BCUT2D eigenvalue weighted by molar-refractivity contribution is 5.82. The van der Waals surface area contributed by atoms with Crippen molar-refractivity contribution in [3.05, 3.63) is 36.5 Å². The Morgan fingerprint density at radius 2 is 1.25 bits per heavy atom. The zero-order valence-electron chi connectivity index (χ0n) is 11.6. The van der Waals surface area contributed by atoms with Gasteiger partial charge in [-0.25, -0.2) is 0 Å². The first-order chi connectivity index (χ1) is 9.59. The molecule has 0 amide bonds. The zero-order chi connectivity index (χ0) is 14.5. The van der Waals surface area contributed by atoms with Gasteiger partial charge in [0.05, 0.1) is 25.0 Å². The Hall–Kier alpha value is -1.84. The van der Waals surface area contributed by atoms with Crippen LogP contribution in [0, 0.1) is 11.8 Å². The van der Waals surface area contributed by atoms with Crippen molar-refractivity contribution in [2.75, 3.05) is 13.2 Å². The van der Waals surface area contributed by atoms with Gasteiger partial charge in [0.2, 0.25) is 0 Å². The van der Waals surface area contributed by atoms with E-state index in [1.807, 2.05) is 12.2 Å². The summed E-state index contributed by atoms with van der Waals surface area (Å²) in [6, 6.07) is 0. The minimum Gasteiger partial charge on any atom is -0.465 e. The van der Waals surface area contributed by atoms with Crippen molar-refractivity contribution in [3.63, 3.8) is 0 Å². The fraction of sp³-hybridized carbons (Fsp3) is 0.500. The summed E-state index contributed by atoms with van der Waals surface area (Å²) in [6.45, 7) is 8.39. The molecule has 1 aliphatic carbocycles. The fourth-order valence-electron chi connectivity index (χ4n) is 2.45. The van der Waals surface area contributed by atoms with Crippen LogP contribution in [0.25, 0.3) is 0 Å². The summed E-state index contributed by atoms with van der Waals surface area (Å²) in [5.74, 6) is -1.50. The molecule has 0 bridgehead atoms. The monoisotopic (exact) mass is 276 g/mol. The summed E-state index contributed by atoms with van der Waals surface area (Å²) >= 11 is 0. The number of hydrogen-bond acceptors (Lipinski definition) is 4. The molecule has 0 aromatic carbocycles. The molecule has 4 heteroatoms. The van der Waals surface area contributed by atoms with Crippen LogP contribution in [0.2, 0.25) is 0 Å². The lowest BCUT2D eigenvalue weighted by molar-refractivity contribution is -0.161. The molecule has 2 aliphatic rings. The van der Waals surface area contributed by atoms with E-state index in [1.165, 1.54) is 0 Å². The average molecular weight is 276 g/mol. The number of esters is 2. The van der Waals surface area contributed by atoms with E-state index in [-0.39, 0.29) is 11.9 Å². The molecule has 0 radical (unpaired) electrons. The van der Waals surface area contributed by atoms with Gasteiger partial charge in [0.1, 0.15) is 0 Å². The molecule has 1 fully saturated rings. The predicted molar refractivity (Wildman–Crippen MR) is 74.8 cm³/mol. The molecule has 4 nitrogen and oxygen atoms in total. The normalized spacial score (nSPS) is 28.8. The number of rotatable bonds is 0. The fourth-order valence-corrected chi connectivity index (χ4v) is 2.45. The first-order valence-electron chi connectivity index (χ1n) is 6.94. The van der Waals surface area contributed by atoms with Crippen molar-refractivity contribution in [3.8, 4) is 0 Å². The molecular weight excluding hydrogens is 256 g/mol. The molecule has 0 unspecified atom stereocenters. The molecule has 108 valence electrons. The summed E-state index contributed by atoms with van der Waals surface area (Å²) in [6.07, 6.45) is 6.06. The van der Waals surface area contributed by atoms with Crippen LogP contribution in [0.15, 0.2) is 36.5 Å². The molecule has 0 aromatic heterocycles. The second-order valence-corrected chi connectivity index (χ2v) is 5.20. The van der Waals surface area contributed by atoms with Crippen LogP contribution in [0.1, 0.15) is 25.7 Å². The Morgan fingerprint density at radius 1 is 0.850 bits per heavy atom. The molecule has 1 heterocycles. The summed E-state index contributed by atoms with van der Waals surface area (Å²) in [5, 5.41) is 0. The van der Waals surface area contributed by atoms with Gasteiger partial charge in [-0.3, -0.25) is 9.59 Å². The standard InChI is InChI=1S/C16H20O4/c1-11-7-9-19-15(17)13-5-3-4-6-14(13)16(18)20-10-8-12(11)2/h3-4,13-14H,1-2,5-10H2/t13-,14+. The minimum atomic E-state index is -0.427. The van der Waals surface area contributed by atoms with Crippen LogP contribution in [-0.4, -0.2) is 25.2 Å². The van der Waals surface area contributed by atoms with Gasteiger partial charge in [0.25, 0.3) is 0 Å². The third-order valence-corrected chi connectivity index (χ3v) is 3.83. The summed E-state index contributed by atoms with van der Waals surface area (Å²) in [4.78, 5) is 24.2. The minimum absolute atomic E-state index is 0.290. The maximum absolute atomic E-state index is 12.1. The molecule has 2 atom stereocenters. The van der Waals surface area contributed by atoms with Crippen LogP contribution < -0.4 is 0 Å². The smallest absolute Gasteiger partial charge is 0.310 e. The van der Waals surface area contributed by atoms with Gasteiger partial charge < -0.3 is 9.47 Å². The highest BCUT2D eigenvalue weighted by Gasteiger charge is 2.36. The van der Waals surface area contributed by atoms with Gasteiger partial charge >= 0.3 is 11.9 Å². The number of fused-ring (bicyclic) bond motifs is 1. The van der Waals surface area contributed by atoms with E-state index >= 15 is 0 Å². The Labute approximate surface area is 119 Å².